The first-order chi connectivity index (χ1) is 14.0. The van der Waals surface area contributed by atoms with Crippen LogP contribution in [0.1, 0.15) is 31.7 Å². The van der Waals surface area contributed by atoms with Gasteiger partial charge in [-0.1, -0.05) is 19.1 Å². The van der Waals surface area contributed by atoms with Gasteiger partial charge in [0, 0.05) is 22.6 Å². The van der Waals surface area contributed by atoms with E-state index >= 15 is 0 Å². The van der Waals surface area contributed by atoms with E-state index in [-0.39, 0.29) is 4.90 Å². The van der Waals surface area contributed by atoms with E-state index in [1.165, 1.54) is 3.97 Å². The number of rotatable bonds is 6. The third-order valence-electron chi connectivity index (χ3n) is 5.62. The van der Waals surface area contributed by atoms with Crippen molar-refractivity contribution in [3.8, 4) is 5.75 Å². The van der Waals surface area contributed by atoms with Gasteiger partial charge >= 0.3 is 0 Å². The topological polar surface area (TPSA) is 51.5 Å². The molecule has 0 saturated carbocycles. The van der Waals surface area contributed by atoms with E-state index in [9.17, 15) is 8.42 Å². The Morgan fingerprint density at radius 3 is 2.66 bits per heavy atom. The van der Waals surface area contributed by atoms with E-state index in [0.717, 1.165) is 42.8 Å². The van der Waals surface area contributed by atoms with E-state index in [1.807, 2.05) is 37.4 Å². The molecule has 0 N–H and O–H groups in total. The van der Waals surface area contributed by atoms with Gasteiger partial charge in [0.05, 0.1) is 12.1 Å². The van der Waals surface area contributed by atoms with Gasteiger partial charge in [-0.2, -0.15) is 0 Å². The van der Waals surface area contributed by atoms with Gasteiger partial charge in [-0.15, -0.1) is 0 Å². The van der Waals surface area contributed by atoms with Crippen LogP contribution in [0.3, 0.4) is 0 Å². The number of benzene rings is 2. The fourth-order valence-electron chi connectivity index (χ4n) is 4.12. The second-order valence-electron chi connectivity index (χ2n) is 7.31. The zero-order valence-corrected chi connectivity index (χ0v) is 19.0. The molecule has 1 saturated heterocycles. The molecule has 1 aliphatic rings. The molecule has 4 rings (SSSR count). The van der Waals surface area contributed by atoms with Gasteiger partial charge in [-0.25, -0.2) is 12.4 Å². The Kier molecular flexibility index (Phi) is 5.73. The largest absolute Gasteiger partial charge is 0.494 e. The maximum atomic E-state index is 13.5. The predicted molar refractivity (Wildman–Crippen MR) is 119 cm³/mol. The summed E-state index contributed by atoms with van der Waals surface area (Å²) in [6.07, 6.45) is 2.85. The maximum absolute atomic E-state index is 13.5. The van der Waals surface area contributed by atoms with E-state index in [2.05, 4.69) is 27.8 Å². The second-order valence-corrected chi connectivity index (χ2v) is 9.94. The lowest BCUT2D eigenvalue weighted by Crippen LogP contribution is -2.19. The average Bonchev–Trinajstić information content (AvgIpc) is 3.33. The molecule has 0 amide bonds. The molecule has 154 valence electrons. The van der Waals surface area contributed by atoms with E-state index in [4.69, 9.17) is 4.74 Å². The van der Waals surface area contributed by atoms with Crippen LogP contribution in [0.15, 0.2) is 58.0 Å². The lowest BCUT2D eigenvalue weighted by Gasteiger charge is -2.12. The SMILES string of the molecule is CCOc1ccc2c(c1)c(C1CCN(CC)C1)cn2S(=O)(=O)c1ccccc1Br. The van der Waals surface area contributed by atoms with Crippen molar-refractivity contribution >= 4 is 36.9 Å². The van der Waals surface area contributed by atoms with Crippen LogP contribution in [-0.2, 0) is 10.0 Å². The number of hydrogen-bond donors (Lipinski definition) is 0. The van der Waals surface area contributed by atoms with Crippen molar-refractivity contribution < 1.29 is 13.2 Å². The van der Waals surface area contributed by atoms with Crippen molar-refractivity contribution in [1.29, 1.82) is 0 Å². The van der Waals surface area contributed by atoms with Crippen molar-refractivity contribution in [1.82, 2.24) is 8.87 Å². The minimum absolute atomic E-state index is 0.263. The summed E-state index contributed by atoms with van der Waals surface area (Å²) in [5, 5.41) is 0.953. The van der Waals surface area contributed by atoms with Gasteiger partial charge in [-0.05, 0) is 84.2 Å². The van der Waals surface area contributed by atoms with Crippen molar-refractivity contribution in [3.63, 3.8) is 0 Å². The van der Waals surface area contributed by atoms with Gasteiger partial charge < -0.3 is 9.64 Å². The van der Waals surface area contributed by atoms with Crippen LogP contribution in [0.2, 0.25) is 0 Å². The molecule has 1 aliphatic heterocycles. The molecule has 2 aromatic carbocycles. The third kappa shape index (κ3) is 3.71. The smallest absolute Gasteiger partial charge is 0.269 e. The van der Waals surface area contributed by atoms with Gasteiger partial charge in [0.1, 0.15) is 10.6 Å². The first-order valence-corrected chi connectivity index (χ1v) is 12.2. The number of halogens is 1. The van der Waals surface area contributed by atoms with Gasteiger partial charge in [-0.3, -0.25) is 0 Å². The summed E-state index contributed by atoms with van der Waals surface area (Å²) in [5.41, 5.74) is 1.77. The van der Waals surface area contributed by atoms with Gasteiger partial charge in [0.2, 0.25) is 0 Å². The third-order valence-corrected chi connectivity index (χ3v) is 8.30. The zero-order chi connectivity index (χ0) is 20.6. The first-order valence-electron chi connectivity index (χ1n) is 9.96. The van der Waals surface area contributed by atoms with Crippen LogP contribution in [0, 0.1) is 0 Å². The number of likely N-dealkylation sites (tertiary alicyclic amines) is 1. The highest BCUT2D eigenvalue weighted by atomic mass is 79.9. The summed E-state index contributed by atoms with van der Waals surface area (Å²) in [6.45, 7) is 7.68. The summed E-state index contributed by atoms with van der Waals surface area (Å²) in [7, 11) is -3.73. The zero-order valence-electron chi connectivity index (χ0n) is 16.6. The summed E-state index contributed by atoms with van der Waals surface area (Å²) in [6, 6.07) is 12.6. The Balaban J connectivity index is 1.90. The monoisotopic (exact) mass is 476 g/mol. The average molecular weight is 477 g/mol. The standard InChI is InChI=1S/C22H25BrN2O3S/c1-3-24-12-11-16(14-24)19-15-25(21-10-9-17(28-4-2)13-18(19)21)29(26,27)22-8-6-5-7-20(22)23/h5-10,13,15-16H,3-4,11-12,14H2,1-2H3. The highest BCUT2D eigenvalue weighted by Gasteiger charge is 2.29. The van der Waals surface area contributed by atoms with E-state index < -0.39 is 10.0 Å². The van der Waals surface area contributed by atoms with E-state index in [0.29, 0.717) is 22.5 Å². The molecule has 0 bridgehead atoms. The molecule has 29 heavy (non-hydrogen) atoms. The number of nitrogens with zero attached hydrogens (tertiary/aromatic N) is 2. The summed E-state index contributed by atoms with van der Waals surface area (Å²) in [5.74, 6) is 1.08. The highest BCUT2D eigenvalue weighted by molar-refractivity contribution is 9.10. The molecule has 3 aromatic rings. The number of ether oxygens (including phenoxy) is 1. The fourth-order valence-corrected chi connectivity index (χ4v) is 6.46. The second kappa shape index (κ2) is 8.13. The molecule has 2 heterocycles. The Morgan fingerprint density at radius 1 is 1.17 bits per heavy atom. The summed E-state index contributed by atoms with van der Waals surface area (Å²) < 4.78 is 34.7. The molecular weight excluding hydrogens is 452 g/mol. The van der Waals surface area contributed by atoms with Crippen LogP contribution in [0.4, 0.5) is 0 Å². The Hall–Kier alpha value is -1.83. The molecule has 1 fully saturated rings. The van der Waals surface area contributed by atoms with Gasteiger partial charge in [0.15, 0.2) is 0 Å². The maximum Gasteiger partial charge on any atom is 0.269 e. The number of fused-ring (bicyclic) bond motifs is 1. The molecule has 5 nitrogen and oxygen atoms in total. The predicted octanol–water partition coefficient (Wildman–Crippen LogP) is 4.85. The van der Waals surface area contributed by atoms with Crippen LogP contribution < -0.4 is 4.74 Å². The number of likely N-dealkylation sites (N-methyl/N-ethyl adjacent to an activating group) is 1. The van der Waals surface area contributed by atoms with Crippen molar-refractivity contribution in [2.24, 2.45) is 0 Å². The molecule has 0 aliphatic carbocycles. The quantitative estimate of drug-likeness (QED) is 0.510. The molecule has 0 spiro atoms. The molecule has 1 atom stereocenters. The number of hydrogen-bond acceptors (Lipinski definition) is 4. The molecule has 0 radical (unpaired) electrons. The van der Waals surface area contributed by atoms with Crippen LogP contribution >= 0.6 is 15.9 Å². The Morgan fingerprint density at radius 2 is 1.97 bits per heavy atom. The van der Waals surface area contributed by atoms with Crippen LogP contribution in [0.25, 0.3) is 10.9 Å². The fraction of sp³-hybridized carbons (Fsp3) is 0.364. The van der Waals surface area contributed by atoms with Crippen molar-refractivity contribution in [2.75, 3.05) is 26.2 Å². The van der Waals surface area contributed by atoms with E-state index in [1.54, 1.807) is 18.2 Å². The van der Waals surface area contributed by atoms with Crippen molar-refractivity contribution in [2.45, 2.75) is 31.1 Å². The molecule has 7 heteroatoms. The first kappa shape index (κ1) is 20.4. The lowest BCUT2D eigenvalue weighted by atomic mass is 9.98. The van der Waals surface area contributed by atoms with Crippen molar-refractivity contribution in [3.05, 3.63) is 58.7 Å². The minimum Gasteiger partial charge on any atom is -0.494 e. The Labute approximate surface area is 180 Å². The Bertz CT molecular complexity index is 1140. The van der Waals surface area contributed by atoms with Gasteiger partial charge in [0.25, 0.3) is 10.0 Å². The normalized spacial score (nSPS) is 17.8. The highest BCUT2D eigenvalue weighted by Crippen LogP contribution is 2.37. The molecule has 1 aromatic heterocycles. The van der Waals surface area contributed by atoms with Crippen LogP contribution in [-0.4, -0.2) is 43.5 Å². The lowest BCUT2D eigenvalue weighted by molar-refractivity contribution is 0.340. The van der Waals surface area contributed by atoms with Crippen LogP contribution in [0.5, 0.6) is 5.75 Å². The molecule has 1 unspecified atom stereocenters. The summed E-state index contributed by atoms with van der Waals surface area (Å²) >= 11 is 3.40. The summed E-state index contributed by atoms with van der Waals surface area (Å²) in [4.78, 5) is 2.67. The molecular formula is C22H25BrN2O3S. The number of aromatic nitrogens is 1. The minimum atomic E-state index is -3.73.